The molecule has 1 fully saturated rings. The van der Waals surface area contributed by atoms with Gasteiger partial charge >= 0.3 is 0 Å². The van der Waals surface area contributed by atoms with Crippen LogP contribution in [0.3, 0.4) is 0 Å². The highest BCUT2D eigenvalue weighted by molar-refractivity contribution is 6.30. The Labute approximate surface area is 121 Å². The highest BCUT2D eigenvalue weighted by Gasteiger charge is 2.25. The monoisotopic (exact) mass is 281 g/mol. The Bertz CT molecular complexity index is 379. The summed E-state index contributed by atoms with van der Waals surface area (Å²) in [5.74, 6) is 0. The minimum absolute atomic E-state index is 0.376. The van der Waals surface area contributed by atoms with Gasteiger partial charge in [-0.15, -0.1) is 0 Å². The topological polar surface area (TPSA) is 21.3 Å². The fraction of sp³-hybridized carbons (Fsp3) is 0.625. The zero-order valence-electron chi connectivity index (χ0n) is 11.9. The number of methoxy groups -OCH3 is 1. The number of hydrogen-bond acceptors (Lipinski definition) is 2. The predicted molar refractivity (Wildman–Crippen MR) is 80.8 cm³/mol. The predicted octanol–water partition coefficient (Wildman–Crippen LogP) is 3.82. The fourth-order valence-corrected chi connectivity index (χ4v) is 3.09. The van der Waals surface area contributed by atoms with E-state index in [9.17, 15) is 0 Å². The summed E-state index contributed by atoms with van der Waals surface area (Å²) in [6.07, 6.45) is 6.42. The van der Waals surface area contributed by atoms with Crippen molar-refractivity contribution in [2.75, 3.05) is 7.11 Å². The van der Waals surface area contributed by atoms with Crippen LogP contribution in [-0.2, 0) is 11.2 Å². The third-order valence-electron chi connectivity index (χ3n) is 3.96. The Kier molecular flexibility index (Phi) is 5.68. The lowest BCUT2D eigenvalue weighted by Crippen LogP contribution is -2.47. The summed E-state index contributed by atoms with van der Waals surface area (Å²) >= 11 is 5.91. The SMILES string of the molecule is COC1CCCCC1NC(C)Cc1ccc(Cl)cc1. The first-order chi connectivity index (χ1) is 9.19. The lowest BCUT2D eigenvalue weighted by molar-refractivity contribution is 0.0384. The van der Waals surface area contributed by atoms with E-state index in [1.165, 1.54) is 31.2 Å². The minimum atomic E-state index is 0.376. The van der Waals surface area contributed by atoms with Gasteiger partial charge in [0.1, 0.15) is 0 Å². The fourth-order valence-electron chi connectivity index (χ4n) is 2.97. The largest absolute Gasteiger partial charge is 0.380 e. The van der Waals surface area contributed by atoms with Crippen molar-refractivity contribution in [1.29, 1.82) is 0 Å². The summed E-state index contributed by atoms with van der Waals surface area (Å²) in [6.45, 7) is 2.25. The molecule has 1 aromatic carbocycles. The molecule has 0 bridgehead atoms. The molecule has 1 aliphatic carbocycles. The number of benzene rings is 1. The third kappa shape index (κ3) is 4.48. The van der Waals surface area contributed by atoms with E-state index in [-0.39, 0.29) is 0 Å². The van der Waals surface area contributed by atoms with Crippen molar-refractivity contribution in [2.45, 2.75) is 57.2 Å². The van der Waals surface area contributed by atoms with E-state index < -0.39 is 0 Å². The summed E-state index contributed by atoms with van der Waals surface area (Å²) in [5.41, 5.74) is 1.33. The molecule has 1 aromatic rings. The van der Waals surface area contributed by atoms with Crippen LogP contribution < -0.4 is 5.32 Å². The molecule has 0 aliphatic heterocycles. The molecule has 0 saturated heterocycles. The second kappa shape index (κ2) is 7.28. The number of hydrogen-bond donors (Lipinski definition) is 1. The van der Waals surface area contributed by atoms with Crippen LogP contribution in [0, 0.1) is 0 Å². The van der Waals surface area contributed by atoms with Gasteiger partial charge in [-0.05, 0) is 43.9 Å². The van der Waals surface area contributed by atoms with Gasteiger partial charge in [0, 0.05) is 24.2 Å². The van der Waals surface area contributed by atoms with Gasteiger partial charge < -0.3 is 10.1 Å². The Morgan fingerprint density at radius 2 is 1.95 bits per heavy atom. The molecule has 1 N–H and O–H groups in total. The van der Waals surface area contributed by atoms with Gasteiger partial charge in [-0.25, -0.2) is 0 Å². The zero-order valence-corrected chi connectivity index (χ0v) is 12.6. The molecule has 3 heteroatoms. The summed E-state index contributed by atoms with van der Waals surface area (Å²) in [6, 6.07) is 9.09. The van der Waals surface area contributed by atoms with E-state index in [2.05, 4.69) is 24.4 Å². The molecule has 106 valence electrons. The van der Waals surface area contributed by atoms with Crippen molar-refractivity contribution >= 4 is 11.6 Å². The zero-order chi connectivity index (χ0) is 13.7. The average Bonchev–Trinajstić information content (AvgIpc) is 2.42. The second-order valence-corrected chi connectivity index (χ2v) is 6.00. The average molecular weight is 282 g/mol. The van der Waals surface area contributed by atoms with Crippen LogP contribution >= 0.6 is 11.6 Å². The lowest BCUT2D eigenvalue weighted by atomic mass is 9.91. The number of rotatable bonds is 5. The van der Waals surface area contributed by atoms with Crippen LogP contribution in [0.25, 0.3) is 0 Å². The smallest absolute Gasteiger partial charge is 0.0724 e. The van der Waals surface area contributed by atoms with E-state index in [1.807, 2.05) is 19.2 Å². The molecule has 0 amide bonds. The van der Waals surface area contributed by atoms with Crippen molar-refractivity contribution in [3.63, 3.8) is 0 Å². The summed E-state index contributed by atoms with van der Waals surface area (Å²) in [5, 5.41) is 4.53. The van der Waals surface area contributed by atoms with E-state index >= 15 is 0 Å². The second-order valence-electron chi connectivity index (χ2n) is 5.56. The molecule has 1 aliphatic rings. The maximum atomic E-state index is 5.91. The van der Waals surface area contributed by atoms with Crippen molar-refractivity contribution in [2.24, 2.45) is 0 Å². The Morgan fingerprint density at radius 1 is 1.26 bits per heavy atom. The molecule has 3 atom stereocenters. The molecule has 3 unspecified atom stereocenters. The first-order valence-corrected chi connectivity index (χ1v) is 7.60. The summed E-state index contributed by atoms with van der Waals surface area (Å²) in [4.78, 5) is 0. The van der Waals surface area contributed by atoms with Crippen LogP contribution in [0.15, 0.2) is 24.3 Å². The van der Waals surface area contributed by atoms with E-state index in [0.717, 1.165) is 11.4 Å². The molecule has 0 heterocycles. The van der Waals surface area contributed by atoms with Crippen molar-refractivity contribution in [1.82, 2.24) is 5.32 Å². The van der Waals surface area contributed by atoms with Crippen LogP contribution in [0.2, 0.25) is 5.02 Å². The Balaban J connectivity index is 1.86. The number of nitrogens with one attached hydrogen (secondary N) is 1. The molecule has 0 spiro atoms. The normalized spacial score (nSPS) is 25.2. The number of ether oxygens (including phenoxy) is 1. The molecular weight excluding hydrogens is 258 g/mol. The van der Waals surface area contributed by atoms with Crippen molar-refractivity contribution in [3.8, 4) is 0 Å². The van der Waals surface area contributed by atoms with Crippen LogP contribution in [0.5, 0.6) is 0 Å². The highest BCUT2D eigenvalue weighted by atomic mass is 35.5. The first-order valence-electron chi connectivity index (χ1n) is 7.22. The van der Waals surface area contributed by atoms with Gasteiger partial charge in [0.05, 0.1) is 6.10 Å². The van der Waals surface area contributed by atoms with Gasteiger partial charge in [-0.3, -0.25) is 0 Å². The maximum Gasteiger partial charge on any atom is 0.0724 e. The summed E-state index contributed by atoms with van der Waals surface area (Å²) < 4.78 is 5.59. The van der Waals surface area contributed by atoms with Gasteiger partial charge in [0.2, 0.25) is 0 Å². The van der Waals surface area contributed by atoms with Gasteiger partial charge in [-0.2, -0.15) is 0 Å². The van der Waals surface area contributed by atoms with Crippen LogP contribution in [0.1, 0.15) is 38.2 Å². The molecule has 0 radical (unpaired) electrons. The highest BCUT2D eigenvalue weighted by Crippen LogP contribution is 2.21. The Hall–Kier alpha value is -0.570. The molecule has 2 rings (SSSR count). The first kappa shape index (κ1) is 14.8. The van der Waals surface area contributed by atoms with Gasteiger partial charge in [-0.1, -0.05) is 36.6 Å². The third-order valence-corrected chi connectivity index (χ3v) is 4.21. The van der Waals surface area contributed by atoms with E-state index in [1.54, 1.807) is 0 Å². The quantitative estimate of drug-likeness (QED) is 0.886. The van der Waals surface area contributed by atoms with Crippen molar-refractivity contribution < 1.29 is 4.74 Å². The molecule has 1 saturated carbocycles. The summed E-state index contributed by atoms with van der Waals surface area (Å²) in [7, 11) is 1.83. The molecular formula is C16H24ClNO. The van der Waals surface area contributed by atoms with E-state index in [4.69, 9.17) is 16.3 Å². The molecule has 2 nitrogen and oxygen atoms in total. The molecule has 19 heavy (non-hydrogen) atoms. The van der Waals surface area contributed by atoms with Crippen LogP contribution in [0.4, 0.5) is 0 Å². The standard InChI is InChI=1S/C16H24ClNO/c1-12(11-13-7-9-14(17)10-8-13)18-15-5-3-4-6-16(15)19-2/h7-10,12,15-16,18H,3-6,11H2,1-2H3. The number of halogens is 1. The Morgan fingerprint density at radius 3 is 2.63 bits per heavy atom. The lowest BCUT2D eigenvalue weighted by Gasteiger charge is -2.33. The van der Waals surface area contributed by atoms with E-state index in [0.29, 0.717) is 18.2 Å². The maximum absolute atomic E-state index is 5.91. The van der Waals surface area contributed by atoms with Gasteiger partial charge in [0.25, 0.3) is 0 Å². The van der Waals surface area contributed by atoms with Crippen LogP contribution in [-0.4, -0.2) is 25.3 Å². The molecule has 0 aromatic heterocycles. The van der Waals surface area contributed by atoms with Gasteiger partial charge in [0.15, 0.2) is 0 Å². The minimum Gasteiger partial charge on any atom is -0.380 e. The van der Waals surface area contributed by atoms with Crippen molar-refractivity contribution in [3.05, 3.63) is 34.9 Å².